The molecule has 1 N–H and O–H groups in total. The van der Waals surface area contributed by atoms with Gasteiger partial charge in [-0.25, -0.2) is 14.3 Å². The first-order valence-corrected chi connectivity index (χ1v) is 6.06. The molecule has 1 amide bonds. The van der Waals surface area contributed by atoms with E-state index in [1.54, 1.807) is 24.3 Å². The number of alkyl halides is 2. The molecule has 0 spiro atoms. The third-order valence-electron chi connectivity index (χ3n) is 2.35. The number of para-hydroxylation sites is 2. The average molecular weight is 302 g/mol. The van der Waals surface area contributed by atoms with Crippen molar-refractivity contribution in [2.75, 3.05) is 12.4 Å². The number of fused-ring (bicyclic) bond motifs is 1. The van der Waals surface area contributed by atoms with Crippen LogP contribution in [0.2, 0.25) is 0 Å². The molecule has 1 aromatic carbocycles. The second-order valence-corrected chi connectivity index (χ2v) is 4.62. The molecule has 0 fully saturated rings. The van der Waals surface area contributed by atoms with Crippen molar-refractivity contribution in [3.63, 3.8) is 0 Å². The highest BCUT2D eigenvalue weighted by Crippen LogP contribution is 2.20. The van der Waals surface area contributed by atoms with Gasteiger partial charge in [0.25, 0.3) is 5.91 Å². The summed E-state index contributed by atoms with van der Waals surface area (Å²) in [5.41, 5.74) is 1.04. The maximum absolute atomic E-state index is 11.7. The lowest BCUT2D eigenvalue weighted by molar-refractivity contribution is -0.114. The molecular weight excluding hydrogens is 293 g/mol. The molecule has 0 bridgehead atoms. The van der Waals surface area contributed by atoms with Crippen molar-refractivity contribution in [2.24, 2.45) is 0 Å². The molecule has 0 unspecified atom stereocenters. The second kappa shape index (κ2) is 5.46. The molecule has 0 aliphatic heterocycles. The molecule has 1 aromatic heterocycles. The van der Waals surface area contributed by atoms with E-state index in [4.69, 9.17) is 23.2 Å². The summed E-state index contributed by atoms with van der Waals surface area (Å²) in [6.45, 7) is 0. The summed E-state index contributed by atoms with van der Waals surface area (Å²) in [5.74, 6) is -0.673. The fourth-order valence-electron chi connectivity index (χ4n) is 1.55. The lowest BCUT2D eigenvalue weighted by Gasteiger charge is -2.07. The Morgan fingerprint density at radius 3 is 2.68 bits per heavy atom. The number of benzene rings is 1. The van der Waals surface area contributed by atoms with Gasteiger partial charge in [-0.15, -0.1) is 0 Å². The third-order valence-corrected chi connectivity index (χ3v) is 2.75. The number of anilines is 1. The lowest BCUT2D eigenvalue weighted by Crippen LogP contribution is -2.23. The van der Waals surface area contributed by atoms with E-state index in [9.17, 15) is 9.59 Å². The topological polar surface area (TPSA) is 73.2 Å². The molecule has 100 valence electrons. The molecule has 0 saturated carbocycles. The minimum Gasteiger partial charge on any atom is -0.452 e. The SMILES string of the molecule is COC(=O)n1c(NC(=O)C(Cl)Cl)nc2ccccc21. The summed E-state index contributed by atoms with van der Waals surface area (Å²) in [4.78, 5) is 26.1. The highest BCUT2D eigenvalue weighted by atomic mass is 35.5. The van der Waals surface area contributed by atoms with Crippen molar-refractivity contribution >= 4 is 52.2 Å². The first kappa shape index (κ1) is 13.6. The van der Waals surface area contributed by atoms with Gasteiger partial charge in [0.05, 0.1) is 18.1 Å². The number of ether oxygens (including phenoxy) is 1. The normalized spacial score (nSPS) is 10.7. The average Bonchev–Trinajstić information content (AvgIpc) is 2.75. The van der Waals surface area contributed by atoms with Crippen molar-refractivity contribution in [3.05, 3.63) is 24.3 Å². The first-order chi connectivity index (χ1) is 9.04. The highest BCUT2D eigenvalue weighted by molar-refractivity contribution is 6.54. The number of nitrogens with one attached hydrogen (secondary N) is 1. The van der Waals surface area contributed by atoms with Crippen LogP contribution in [0.4, 0.5) is 10.7 Å². The van der Waals surface area contributed by atoms with Gasteiger partial charge in [-0.3, -0.25) is 10.1 Å². The molecule has 2 rings (SSSR count). The number of rotatable bonds is 2. The minimum absolute atomic E-state index is 0.00403. The lowest BCUT2D eigenvalue weighted by atomic mass is 10.3. The number of methoxy groups -OCH3 is 1. The van der Waals surface area contributed by atoms with Crippen molar-refractivity contribution in [3.8, 4) is 0 Å². The monoisotopic (exact) mass is 301 g/mol. The van der Waals surface area contributed by atoms with Gasteiger partial charge in [-0.2, -0.15) is 0 Å². The quantitative estimate of drug-likeness (QED) is 0.864. The van der Waals surface area contributed by atoms with Crippen LogP contribution in [-0.4, -0.2) is 33.5 Å². The van der Waals surface area contributed by atoms with Crippen LogP contribution in [-0.2, 0) is 9.53 Å². The van der Waals surface area contributed by atoms with Gasteiger partial charge in [0.1, 0.15) is 0 Å². The summed E-state index contributed by atoms with van der Waals surface area (Å²) in [7, 11) is 1.23. The standard InChI is InChI=1S/C11H9Cl2N3O3/c1-19-11(18)16-7-5-3-2-4-6(7)14-10(16)15-9(17)8(12)13/h2-5,8H,1H3,(H,14,15,17). The zero-order chi connectivity index (χ0) is 14.0. The van der Waals surface area contributed by atoms with Gasteiger partial charge < -0.3 is 4.74 Å². The largest absolute Gasteiger partial charge is 0.452 e. The molecule has 19 heavy (non-hydrogen) atoms. The summed E-state index contributed by atoms with van der Waals surface area (Å²) >= 11 is 10.9. The highest BCUT2D eigenvalue weighted by Gasteiger charge is 2.20. The van der Waals surface area contributed by atoms with Crippen LogP contribution in [0.25, 0.3) is 11.0 Å². The molecule has 0 radical (unpaired) electrons. The van der Waals surface area contributed by atoms with Crippen LogP contribution in [0.5, 0.6) is 0 Å². The van der Waals surface area contributed by atoms with E-state index in [0.717, 1.165) is 4.57 Å². The van der Waals surface area contributed by atoms with E-state index in [0.29, 0.717) is 11.0 Å². The Labute approximate surface area is 118 Å². The zero-order valence-corrected chi connectivity index (χ0v) is 11.3. The Morgan fingerprint density at radius 1 is 1.37 bits per heavy atom. The van der Waals surface area contributed by atoms with Crippen molar-refractivity contribution in [1.29, 1.82) is 0 Å². The molecule has 0 atom stereocenters. The van der Waals surface area contributed by atoms with Gasteiger partial charge in [-0.05, 0) is 12.1 Å². The maximum atomic E-state index is 11.7. The molecular formula is C11H9Cl2N3O3. The number of carbonyl (C=O) groups is 2. The van der Waals surface area contributed by atoms with Crippen LogP contribution in [0.1, 0.15) is 0 Å². The number of nitrogens with zero attached hydrogens (tertiary/aromatic N) is 2. The first-order valence-electron chi connectivity index (χ1n) is 5.19. The smallest absolute Gasteiger partial charge is 0.421 e. The zero-order valence-electron chi connectivity index (χ0n) is 9.76. The van der Waals surface area contributed by atoms with Crippen molar-refractivity contribution in [2.45, 2.75) is 4.84 Å². The van der Waals surface area contributed by atoms with Crippen LogP contribution in [0, 0.1) is 0 Å². The van der Waals surface area contributed by atoms with Crippen LogP contribution >= 0.6 is 23.2 Å². The fraction of sp³-hybridized carbons (Fsp3) is 0.182. The van der Waals surface area contributed by atoms with Crippen LogP contribution in [0.15, 0.2) is 24.3 Å². The molecule has 0 aliphatic carbocycles. The van der Waals surface area contributed by atoms with E-state index in [1.807, 2.05) is 0 Å². The Morgan fingerprint density at radius 2 is 2.05 bits per heavy atom. The molecule has 0 aliphatic rings. The van der Waals surface area contributed by atoms with E-state index in [-0.39, 0.29) is 5.95 Å². The van der Waals surface area contributed by atoms with Gasteiger partial charge in [-0.1, -0.05) is 35.3 Å². The van der Waals surface area contributed by atoms with E-state index < -0.39 is 16.8 Å². The van der Waals surface area contributed by atoms with Gasteiger partial charge in [0.2, 0.25) is 5.95 Å². The predicted octanol–water partition coefficient (Wildman–Crippen LogP) is 2.39. The third kappa shape index (κ3) is 2.64. The fourth-order valence-corrected chi connectivity index (χ4v) is 1.66. The minimum atomic E-state index is -1.26. The van der Waals surface area contributed by atoms with Gasteiger partial charge >= 0.3 is 6.09 Å². The van der Waals surface area contributed by atoms with Crippen molar-refractivity contribution in [1.82, 2.24) is 9.55 Å². The number of amides is 1. The second-order valence-electron chi connectivity index (χ2n) is 3.52. The Kier molecular flexibility index (Phi) is 3.92. The van der Waals surface area contributed by atoms with Crippen LogP contribution < -0.4 is 5.32 Å². The number of hydrogen-bond donors (Lipinski definition) is 1. The van der Waals surface area contributed by atoms with Crippen LogP contribution in [0.3, 0.4) is 0 Å². The maximum Gasteiger partial charge on any atom is 0.421 e. The number of imidazole rings is 1. The summed E-state index contributed by atoms with van der Waals surface area (Å²) in [6.07, 6.45) is -0.676. The number of hydrogen-bond acceptors (Lipinski definition) is 4. The summed E-state index contributed by atoms with van der Waals surface area (Å²) < 4.78 is 5.78. The van der Waals surface area contributed by atoms with Gasteiger partial charge in [0, 0.05) is 0 Å². The Balaban J connectivity index is 2.53. The number of halogens is 2. The Hall–Kier alpha value is -1.79. The van der Waals surface area contributed by atoms with E-state index in [1.165, 1.54) is 7.11 Å². The Bertz CT molecular complexity index is 639. The molecule has 0 saturated heterocycles. The summed E-state index contributed by atoms with van der Waals surface area (Å²) in [5, 5.41) is 2.36. The molecule has 1 heterocycles. The molecule has 2 aromatic rings. The van der Waals surface area contributed by atoms with Gasteiger partial charge in [0.15, 0.2) is 4.84 Å². The molecule has 8 heteroatoms. The summed E-state index contributed by atoms with van der Waals surface area (Å²) in [6, 6.07) is 6.87. The molecule has 6 nitrogen and oxygen atoms in total. The number of aromatic nitrogens is 2. The number of carbonyl (C=O) groups excluding carboxylic acids is 2. The van der Waals surface area contributed by atoms with E-state index in [2.05, 4.69) is 15.0 Å². The predicted molar refractivity (Wildman–Crippen MR) is 71.7 cm³/mol. The van der Waals surface area contributed by atoms with E-state index >= 15 is 0 Å². The van der Waals surface area contributed by atoms with Crippen molar-refractivity contribution < 1.29 is 14.3 Å².